The van der Waals surface area contributed by atoms with E-state index in [0.717, 1.165) is 39.5 Å². The molecule has 0 N–H and O–H groups in total. The summed E-state index contributed by atoms with van der Waals surface area (Å²) in [5, 5.41) is 0. The molecule has 5 heteroatoms. The third kappa shape index (κ3) is 3.24. The summed E-state index contributed by atoms with van der Waals surface area (Å²) < 4.78 is 7.26. The zero-order chi connectivity index (χ0) is 13.1. The van der Waals surface area contributed by atoms with E-state index < -0.39 is 0 Å². The number of methoxy groups -OCH3 is 1. The van der Waals surface area contributed by atoms with E-state index in [0.29, 0.717) is 6.10 Å². The molecule has 0 atom stereocenters. The summed E-state index contributed by atoms with van der Waals surface area (Å²) in [6, 6.07) is 5.84. The van der Waals surface area contributed by atoms with Gasteiger partial charge in [0, 0.05) is 28.2 Å². The molecule has 98 valence electrons. The number of likely N-dealkylation sites (tertiary alicyclic amines) is 1. The third-order valence-corrected chi connectivity index (χ3v) is 4.58. The Kier molecular flexibility index (Phi) is 5.03. The van der Waals surface area contributed by atoms with E-state index in [1.165, 1.54) is 0 Å². The van der Waals surface area contributed by atoms with Crippen molar-refractivity contribution in [3.63, 3.8) is 0 Å². The van der Waals surface area contributed by atoms with Gasteiger partial charge in [0.15, 0.2) is 0 Å². The zero-order valence-electron chi connectivity index (χ0n) is 10.2. The molecule has 0 bridgehead atoms. The van der Waals surface area contributed by atoms with E-state index >= 15 is 0 Å². The summed E-state index contributed by atoms with van der Waals surface area (Å²) in [5.74, 6) is 0.106. The van der Waals surface area contributed by atoms with E-state index in [1.807, 2.05) is 23.1 Å². The van der Waals surface area contributed by atoms with E-state index in [1.54, 1.807) is 7.11 Å². The minimum absolute atomic E-state index is 0.106. The van der Waals surface area contributed by atoms with Crippen LogP contribution in [0.2, 0.25) is 0 Å². The van der Waals surface area contributed by atoms with E-state index in [4.69, 9.17) is 4.74 Å². The second-order valence-corrected chi connectivity index (χ2v) is 6.45. The van der Waals surface area contributed by atoms with Crippen LogP contribution in [-0.4, -0.2) is 37.1 Å². The number of halogens is 2. The van der Waals surface area contributed by atoms with E-state index in [2.05, 4.69) is 38.5 Å². The average molecular weight is 424 g/mol. The summed E-state index contributed by atoms with van der Waals surface area (Å²) in [6.07, 6.45) is 2.14. The van der Waals surface area contributed by atoms with Crippen LogP contribution in [0.3, 0.4) is 0 Å². The lowest BCUT2D eigenvalue weighted by atomic mass is 10.1. The van der Waals surface area contributed by atoms with Crippen molar-refractivity contribution < 1.29 is 9.53 Å². The molecule has 18 heavy (non-hydrogen) atoms. The van der Waals surface area contributed by atoms with Gasteiger partial charge in [-0.2, -0.15) is 0 Å². The minimum Gasteiger partial charge on any atom is -0.381 e. The maximum absolute atomic E-state index is 12.4. The van der Waals surface area contributed by atoms with Crippen LogP contribution in [0.5, 0.6) is 0 Å². The summed E-state index contributed by atoms with van der Waals surface area (Å²) in [5.41, 5.74) is 0.748. The Balaban J connectivity index is 2.10. The SMILES string of the molecule is COC1CCN(C(=O)c2cc(I)ccc2Br)CC1. The lowest BCUT2D eigenvalue weighted by Crippen LogP contribution is -2.40. The molecular formula is C13H15BrINO2. The van der Waals surface area contributed by atoms with Crippen molar-refractivity contribution in [2.45, 2.75) is 18.9 Å². The van der Waals surface area contributed by atoms with Crippen molar-refractivity contribution in [1.29, 1.82) is 0 Å². The van der Waals surface area contributed by atoms with Gasteiger partial charge in [0.1, 0.15) is 0 Å². The monoisotopic (exact) mass is 423 g/mol. The third-order valence-electron chi connectivity index (χ3n) is 3.22. The number of carbonyl (C=O) groups is 1. The number of carbonyl (C=O) groups excluding carboxylic acids is 1. The van der Waals surface area contributed by atoms with Crippen LogP contribution in [0.15, 0.2) is 22.7 Å². The second-order valence-electron chi connectivity index (χ2n) is 4.35. The maximum atomic E-state index is 12.4. The van der Waals surface area contributed by atoms with Gasteiger partial charge in [-0.1, -0.05) is 0 Å². The smallest absolute Gasteiger partial charge is 0.255 e. The Morgan fingerprint density at radius 2 is 2.11 bits per heavy atom. The number of rotatable bonds is 2. The first-order chi connectivity index (χ1) is 8.61. The minimum atomic E-state index is 0.106. The van der Waals surface area contributed by atoms with Crippen molar-refractivity contribution in [3.8, 4) is 0 Å². The average Bonchev–Trinajstić information content (AvgIpc) is 2.41. The first kappa shape index (κ1) is 14.3. The molecule has 1 aromatic rings. The van der Waals surface area contributed by atoms with Crippen molar-refractivity contribution in [1.82, 2.24) is 4.90 Å². The number of nitrogens with zero attached hydrogens (tertiary/aromatic N) is 1. The van der Waals surface area contributed by atoms with Gasteiger partial charge in [0.25, 0.3) is 5.91 Å². The molecule has 1 fully saturated rings. The van der Waals surface area contributed by atoms with Crippen molar-refractivity contribution in [2.24, 2.45) is 0 Å². The largest absolute Gasteiger partial charge is 0.381 e. The lowest BCUT2D eigenvalue weighted by Gasteiger charge is -2.31. The van der Waals surface area contributed by atoms with E-state index in [-0.39, 0.29) is 5.91 Å². The number of ether oxygens (including phenoxy) is 1. The molecule has 0 aliphatic carbocycles. The predicted octanol–water partition coefficient (Wildman–Crippen LogP) is 3.30. The molecule has 1 heterocycles. The Bertz CT molecular complexity index is 445. The Hall–Kier alpha value is -0.140. The van der Waals surface area contributed by atoms with E-state index in [9.17, 15) is 4.79 Å². The molecule has 0 radical (unpaired) electrons. The molecule has 2 rings (SSSR count). The fourth-order valence-electron chi connectivity index (χ4n) is 2.13. The van der Waals surface area contributed by atoms with Gasteiger partial charge in [-0.05, 0) is 69.6 Å². The Labute approximate surface area is 129 Å². The highest BCUT2D eigenvalue weighted by Crippen LogP contribution is 2.23. The zero-order valence-corrected chi connectivity index (χ0v) is 13.9. The Morgan fingerprint density at radius 3 is 2.72 bits per heavy atom. The molecule has 0 spiro atoms. The molecule has 1 amide bonds. The van der Waals surface area contributed by atoms with Gasteiger partial charge >= 0.3 is 0 Å². The highest BCUT2D eigenvalue weighted by Gasteiger charge is 2.24. The summed E-state index contributed by atoms with van der Waals surface area (Å²) >= 11 is 5.67. The normalized spacial score (nSPS) is 16.9. The number of amides is 1. The molecule has 1 aliphatic rings. The fourth-order valence-corrected chi connectivity index (χ4v) is 3.03. The molecule has 0 saturated carbocycles. The first-order valence-corrected chi connectivity index (χ1v) is 7.76. The van der Waals surface area contributed by atoms with Crippen LogP contribution >= 0.6 is 38.5 Å². The van der Waals surface area contributed by atoms with Crippen LogP contribution in [0.4, 0.5) is 0 Å². The van der Waals surface area contributed by atoms with Gasteiger partial charge in [-0.15, -0.1) is 0 Å². The highest BCUT2D eigenvalue weighted by molar-refractivity contribution is 14.1. The predicted molar refractivity (Wildman–Crippen MR) is 82.8 cm³/mol. The van der Waals surface area contributed by atoms with Gasteiger partial charge in [0.2, 0.25) is 0 Å². The van der Waals surface area contributed by atoms with Crippen molar-refractivity contribution in [2.75, 3.05) is 20.2 Å². The Morgan fingerprint density at radius 1 is 1.44 bits per heavy atom. The van der Waals surface area contributed by atoms with Gasteiger partial charge < -0.3 is 9.64 Å². The summed E-state index contributed by atoms with van der Waals surface area (Å²) in [4.78, 5) is 14.3. The molecule has 0 unspecified atom stereocenters. The highest BCUT2D eigenvalue weighted by atomic mass is 127. The quantitative estimate of drug-likeness (QED) is 0.683. The second kappa shape index (κ2) is 6.34. The van der Waals surface area contributed by atoms with Gasteiger partial charge in [-0.25, -0.2) is 0 Å². The van der Waals surface area contributed by atoms with Crippen LogP contribution in [0.1, 0.15) is 23.2 Å². The molecule has 3 nitrogen and oxygen atoms in total. The van der Waals surface area contributed by atoms with Crippen LogP contribution in [0.25, 0.3) is 0 Å². The molecule has 1 aliphatic heterocycles. The number of hydrogen-bond acceptors (Lipinski definition) is 2. The van der Waals surface area contributed by atoms with Gasteiger partial charge in [-0.3, -0.25) is 4.79 Å². The molecule has 1 saturated heterocycles. The maximum Gasteiger partial charge on any atom is 0.255 e. The van der Waals surface area contributed by atoms with Crippen LogP contribution in [-0.2, 0) is 4.74 Å². The van der Waals surface area contributed by atoms with Crippen molar-refractivity contribution >= 4 is 44.4 Å². The molecule has 0 aromatic heterocycles. The van der Waals surface area contributed by atoms with Gasteiger partial charge in [0.05, 0.1) is 11.7 Å². The number of piperidine rings is 1. The summed E-state index contributed by atoms with van der Waals surface area (Å²) in [7, 11) is 1.73. The fraction of sp³-hybridized carbons (Fsp3) is 0.462. The molecular weight excluding hydrogens is 409 g/mol. The number of hydrogen-bond donors (Lipinski definition) is 0. The van der Waals surface area contributed by atoms with Crippen LogP contribution < -0.4 is 0 Å². The molecule has 1 aromatic carbocycles. The number of benzene rings is 1. The first-order valence-electron chi connectivity index (χ1n) is 5.89. The summed E-state index contributed by atoms with van der Waals surface area (Å²) in [6.45, 7) is 1.55. The topological polar surface area (TPSA) is 29.5 Å². The lowest BCUT2D eigenvalue weighted by molar-refractivity contribution is 0.0350. The van der Waals surface area contributed by atoms with Crippen LogP contribution in [0, 0.1) is 3.57 Å². The standard InChI is InChI=1S/C13H15BrINO2/c1-18-10-4-6-16(7-5-10)13(17)11-8-9(15)2-3-12(11)14/h2-3,8,10H,4-7H2,1H3. The van der Waals surface area contributed by atoms with Crippen molar-refractivity contribution in [3.05, 3.63) is 31.8 Å².